The third-order valence-corrected chi connectivity index (χ3v) is 5.16. The molecule has 1 saturated heterocycles. The Morgan fingerprint density at radius 1 is 1.38 bits per heavy atom. The number of hydrogen-bond acceptors (Lipinski definition) is 4. The van der Waals surface area contributed by atoms with Crippen molar-refractivity contribution in [3.63, 3.8) is 0 Å². The molecule has 2 aliphatic rings. The van der Waals surface area contributed by atoms with Crippen LogP contribution in [0.3, 0.4) is 0 Å². The molecule has 0 unspecified atom stereocenters. The van der Waals surface area contributed by atoms with Gasteiger partial charge in [0.2, 0.25) is 0 Å². The average Bonchev–Trinajstić information content (AvgIpc) is 2.99. The molecule has 0 radical (unpaired) electrons. The van der Waals surface area contributed by atoms with Gasteiger partial charge in [-0.15, -0.1) is 0 Å². The van der Waals surface area contributed by atoms with Crippen molar-refractivity contribution < 1.29 is 9.53 Å². The van der Waals surface area contributed by atoms with Gasteiger partial charge in [0.1, 0.15) is 6.10 Å². The summed E-state index contributed by atoms with van der Waals surface area (Å²) in [5, 5.41) is 14.7. The largest absolute Gasteiger partial charge is 0.371 e. The Labute approximate surface area is 140 Å². The van der Waals surface area contributed by atoms with E-state index in [1.54, 1.807) is 6.20 Å². The van der Waals surface area contributed by atoms with Gasteiger partial charge < -0.3 is 10.1 Å². The van der Waals surface area contributed by atoms with E-state index in [1.807, 2.05) is 25.6 Å². The van der Waals surface area contributed by atoms with Crippen LogP contribution in [0.4, 0.5) is 0 Å². The summed E-state index contributed by atoms with van der Waals surface area (Å²) < 4.78 is 7.81. The highest BCUT2D eigenvalue weighted by atomic mass is 16.5. The maximum atomic E-state index is 12.7. The van der Waals surface area contributed by atoms with Crippen molar-refractivity contribution in [1.82, 2.24) is 25.3 Å². The number of hydrogen-bond donors (Lipinski definition) is 2. The highest BCUT2D eigenvalue weighted by molar-refractivity contribution is 5.95. The summed E-state index contributed by atoms with van der Waals surface area (Å²) in [4.78, 5) is 12.7. The zero-order valence-corrected chi connectivity index (χ0v) is 14.3. The van der Waals surface area contributed by atoms with E-state index in [0.717, 1.165) is 41.9 Å². The number of aryl methyl sites for hydroxylation is 2. The van der Waals surface area contributed by atoms with Crippen molar-refractivity contribution in [2.24, 2.45) is 7.05 Å². The fraction of sp³-hybridized carbons (Fsp3) is 0.588. The lowest BCUT2D eigenvalue weighted by molar-refractivity contribution is 0.0816. The van der Waals surface area contributed by atoms with Gasteiger partial charge in [-0.3, -0.25) is 14.6 Å². The van der Waals surface area contributed by atoms with Crippen molar-refractivity contribution >= 4 is 5.91 Å². The van der Waals surface area contributed by atoms with Crippen molar-refractivity contribution in [2.75, 3.05) is 6.61 Å². The van der Waals surface area contributed by atoms with E-state index >= 15 is 0 Å². The zero-order chi connectivity index (χ0) is 16.8. The van der Waals surface area contributed by atoms with Gasteiger partial charge in [0, 0.05) is 30.8 Å². The van der Waals surface area contributed by atoms with Crippen LogP contribution >= 0.6 is 0 Å². The first-order valence-electron chi connectivity index (χ1n) is 8.52. The standard InChI is InChI=1S/C17H23N5O2/c1-9-14(10(2)22(3)21-9)16-13(6-7-24-16)19-17(23)12-8-18-20-15(12)11-4-5-11/h8,11,13,16H,4-7H2,1-3H3,(H,18,20)(H,19,23)/t13-,16-/m1/s1. The van der Waals surface area contributed by atoms with Crippen LogP contribution in [0.15, 0.2) is 6.20 Å². The molecule has 2 aromatic heterocycles. The third-order valence-electron chi connectivity index (χ3n) is 5.16. The van der Waals surface area contributed by atoms with Gasteiger partial charge >= 0.3 is 0 Å². The Kier molecular flexibility index (Phi) is 3.68. The summed E-state index contributed by atoms with van der Waals surface area (Å²) in [5.74, 6) is 0.400. The van der Waals surface area contributed by atoms with Crippen LogP contribution in [0, 0.1) is 13.8 Å². The fourth-order valence-corrected chi connectivity index (χ4v) is 3.63. The average molecular weight is 329 g/mol. The molecule has 7 heteroatoms. The molecule has 4 rings (SSSR count). The molecule has 128 valence electrons. The van der Waals surface area contributed by atoms with Crippen molar-refractivity contribution in [3.8, 4) is 0 Å². The molecule has 1 amide bonds. The summed E-state index contributed by atoms with van der Waals surface area (Å²) in [6.07, 6.45) is 4.56. The number of carbonyl (C=O) groups is 1. The normalized spacial score (nSPS) is 23.6. The molecule has 3 heterocycles. The van der Waals surface area contributed by atoms with E-state index in [1.165, 1.54) is 0 Å². The third kappa shape index (κ3) is 2.53. The molecular weight excluding hydrogens is 306 g/mol. The number of nitrogens with one attached hydrogen (secondary N) is 2. The predicted octanol–water partition coefficient (Wildman–Crippen LogP) is 1.90. The minimum Gasteiger partial charge on any atom is -0.371 e. The van der Waals surface area contributed by atoms with Crippen molar-refractivity contribution in [1.29, 1.82) is 0 Å². The van der Waals surface area contributed by atoms with Crippen LogP contribution in [-0.4, -0.2) is 38.5 Å². The van der Waals surface area contributed by atoms with Crippen LogP contribution in [-0.2, 0) is 11.8 Å². The van der Waals surface area contributed by atoms with Gasteiger partial charge in [-0.05, 0) is 33.1 Å². The topological polar surface area (TPSA) is 84.8 Å². The number of aromatic amines is 1. The molecule has 1 aliphatic carbocycles. The smallest absolute Gasteiger partial charge is 0.255 e. The number of ether oxygens (including phenoxy) is 1. The van der Waals surface area contributed by atoms with Crippen LogP contribution < -0.4 is 5.32 Å². The first-order chi connectivity index (χ1) is 11.6. The molecule has 1 saturated carbocycles. The minimum atomic E-state index is -0.140. The quantitative estimate of drug-likeness (QED) is 0.897. The fourth-order valence-electron chi connectivity index (χ4n) is 3.63. The van der Waals surface area contributed by atoms with Crippen LogP contribution in [0.5, 0.6) is 0 Å². The number of nitrogens with zero attached hydrogens (tertiary/aromatic N) is 3. The highest BCUT2D eigenvalue weighted by Crippen LogP contribution is 2.40. The number of aromatic nitrogens is 4. The molecule has 0 spiro atoms. The Balaban J connectivity index is 1.55. The van der Waals surface area contributed by atoms with Gasteiger partial charge in [0.15, 0.2) is 0 Å². The molecule has 7 nitrogen and oxygen atoms in total. The Hall–Kier alpha value is -2.15. The summed E-state index contributed by atoms with van der Waals surface area (Å²) in [6, 6.07) is -0.0407. The van der Waals surface area contributed by atoms with E-state index < -0.39 is 0 Å². The van der Waals surface area contributed by atoms with Crippen LogP contribution in [0.1, 0.15) is 64.3 Å². The van der Waals surface area contributed by atoms with Gasteiger partial charge in [0.05, 0.1) is 29.2 Å². The van der Waals surface area contributed by atoms with Gasteiger partial charge in [-0.25, -0.2) is 0 Å². The zero-order valence-electron chi connectivity index (χ0n) is 14.3. The van der Waals surface area contributed by atoms with E-state index in [4.69, 9.17) is 4.74 Å². The van der Waals surface area contributed by atoms with E-state index in [9.17, 15) is 4.79 Å². The summed E-state index contributed by atoms with van der Waals surface area (Å²) in [6.45, 7) is 4.67. The maximum Gasteiger partial charge on any atom is 0.255 e. The highest BCUT2D eigenvalue weighted by Gasteiger charge is 2.36. The lowest BCUT2D eigenvalue weighted by Crippen LogP contribution is -2.37. The Morgan fingerprint density at radius 2 is 2.17 bits per heavy atom. The van der Waals surface area contributed by atoms with E-state index in [0.29, 0.717) is 18.1 Å². The first-order valence-corrected chi connectivity index (χ1v) is 8.52. The van der Waals surface area contributed by atoms with Gasteiger partial charge in [-0.2, -0.15) is 10.2 Å². The minimum absolute atomic E-state index is 0.0407. The van der Waals surface area contributed by atoms with Crippen LogP contribution in [0.2, 0.25) is 0 Å². The Morgan fingerprint density at radius 3 is 2.83 bits per heavy atom. The summed E-state index contributed by atoms with van der Waals surface area (Å²) >= 11 is 0. The summed E-state index contributed by atoms with van der Waals surface area (Å²) in [5.41, 5.74) is 4.78. The SMILES string of the molecule is Cc1nn(C)c(C)c1[C@@H]1OCC[C@H]1NC(=O)c1cn[nH]c1C1CC1. The first kappa shape index (κ1) is 15.4. The van der Waals surface area contributed by atoms with Crippen LogP contribution in [0.25, 0.3) is 0 Å². The Bertz CT molecular complexity index is 774. The van der Waals surface area contributed by atoms with E-state index in [-0.39, 0.29) is 18.1 Å². The van der Waals surface area contributed by atoms with E-state index in [2.05, 4.69) is 20.6 Å². The molecule has 2 N–H and O–H groups in total. The number of amides is 1. The van der Waals surface area contributed by atoms with Crippen molar-refractivity contribution in [3.05, 3.63) is 34.4 Å². The predicted molar refractivity (Wildman–Crippen MR) is 87.8 cm³/mol. The molecule has 2 atom stereocenters. The second-order valence-corrected chi connectivity index (χ2v) is 6.84. The molecule has 1 aliphatic heterocycles. The van der Waals surface area contributed by atoms with Gasteiger partial charge in [-0.1, -0.05) is 0 Å². The second kappa shape index (κ2) is 5.73. The number of rotatable bonds is 4. The molecular formula is C17H23N5O2. The number of H-pyrrole nitrogens is 1. The molecule has 0 aromatic carbocycles. The monoisotopic (exact) mass is 329 g/mol. The van der Waals surface area contributed by atoms with Crippen molar-refractivity contribution in [2.45, 2.75) is 51.2 Å². The molecule has 24 heavy (non-hydrogen) atoms. The lowest BCUT2D eigenvalue weighted by atomic mass is 10.00. The molecule has 2 aromatic rings. The number of carbonyl (C=O) groups excluding carboxylic acids is 1. The molecule has 0 bridgehead atoms. The van der Waals surface area contributed by atoms with Gasteiger partial charge in [0.25, 0.3) is 5.91 Å². The maximum absolute atomic E-state index is 12.7. The lowest BCUT2D eigenvalue weighted by Gasteiger charge is -2.20. The molecule has 2 fully saturated rings. The summed E-state index contributed by atoms with van der Waals surface area (Å²) in [7, 11) is 1.93. The second-order valence-electron chi connectivity index (χ2n) is 6.84.